The maximum atomic E-state index is 14.2. The molecule has 0 N–H and O–H groups in total. The Bertz CT molecular complexity index is 1400. The van der Waals surface area contributed by atoms with Gasteiger partial charge in [-0.25, -0.2) is 18.3 Å². The monoisotopic (exact) mass is 622 g/mol. The molecule has 2 aromatic rings. The van der Waals surface area contributed by atoms with E-state index in [2.05, 4.69) is 10.3 Å². The first-order valence-electron chi connectivity index (χ1n) is 14.5. The maximum absolute atomic E-state index is 14.2. The van der Waals surface area contributed by atoms with Crippen LogP contribution >= 0.6 is 11.6 Å². The average molecular weight is 623 g/mol. The summed E-state index contributed by atoms with van der Waals surface area (Å²) in [6.07, 6.45) is -0.655. The molecule has 1 unspecified atom stereocenters. The van der Waals surface area contributed by atoms with Crippen LogP contribution in [0.4, 0.5) is 13.6 Å². The topological polar surface area (TPSA) is 110 Å². The van der Waals surface area contributed by atoms with Crippen LogP contribution in [0.2, 0.25) is 5.02 Å². The largest absolute Gasteiger partial charge is 0.487 e. The maximum Gasteiger partial charge on any atom is 0.410 e. The van der Waals surface area contributed by atoms with Crippen LogP contribution < -0.4 is 4.74 Å². The van der Waals surface area contributed by atoms with E-state index in [0.29, 0.717) is 68.1 Å². The molecule has 234 valence electrons. The number of alkyl halides is 2. The van der Waals surface area contributed by atoms with Gasteiger partial charge in [-0.05, 0) is 64.2 Å². The molecule has 5 rings (SSSR count). The fourth-order valence-electron chi connectivity index (χ4n) is 6.14. The van der Waals surface area contributed by atoms with Gasteiger partial charge in [0.1, 0.15) is 35.4 Å². The number of hydrogen-bond acceptors (Lipinski definition) is 7. The molecular formula is C29H37ClF2N6O5. The molecule has 0 radical (unpaired) electrons. The minimum Gasteiger partial charge on any atom is -0.487 e. The van der Waals surface area contributed by atoms with E-state index in [1.807, 2.05) is 0 Å². The van der Waals surface area contributed by atoms with Gasteiger partial charge in [0.15, 0.2) is 0 Å². The van der Waals surface area contributed by atoms with Gasteiger partial charge in [0.2, 0.25) is 11.8 Å². The smallest absolute Gasteiger partial charge is 0.410 e. The molecule has 14 heteroatoms. The summed E-state index contributed by atoms with van der Waals surface area (Å²) in [5.41, 5.74) is 0.323. The fourth-order valence-corrected chi connectivity index (χ4v) is 6.40. The van der Waals surface area contributed by atoms with Crippen molar-refractivity contribution >= 4 is 29.5 Å². The number of carbonyl (C=O) groups is 3. The van der Waals surface area contributed by atoms with Crippen molar-refractivity contribution < 1.29 is 32.6 Å². The minimum atomic E-state index is -2.79. The van der Waals surface area contributed by atoms with E-state index in [1.54, 1.807) is 42.7 Å². The van der Waals surface area contributed by atoms with Crippen LogP contribution in [0.3, 0.4) is 0 Å². The number of nitrogens with zero attached hydrogens (tertiary/aromatic N) is 6. The van der Waals surface area contributed by atoms with Gasteiger partial charge in [0, 0.05) is 50.2 Å². The molecule has 3 aliphatic rings. The molecule has 1 aromatic carbocycles. The highest BCUT2D eigenvalue weighted by Crippen LogP contribution is 2.42. The molecule has 2 atom stereocenters. The first kappa shape index (κ1) is 31.0. The lowest BCUT2D eigenvalue weighted by molar-refractivity contribution is -0.141. The third-order valence-electron chi connectivity index (χ3n) is 8.10. The van der Waals surface area contributed by atoms with Gasteiger partial charge in [-0.15, -0.1) is 5.10 Å². The molecule has 2 fully saturated rings. The minimum absolute atomic E-state index is 0.00447. The highest BCUT2D eigenvalue weighted by molar-refractivity contribution is 6.31. The van der Waals surface area contributed by atoms with Gasteiger partial charge in [-0.3, -0.25) is 14.5 Å². The van der Waals surface area contributed by atoms with Crippen LogP contribution in [0, 0.1) is 0 Å². The molecule has 3 aliphatic heterocycles. The van der Waals surface area contributed by atoms with Crippen molar-refractivity contribution in [2.75, 3.05) is 26.2 Å². The van der Waals surface area contributed by atoms with Crippen molar-refractivity contribution in [2.45, 2.75) is 83.6 Å². The Morgan fingerprint density at radius 2 is 1.88 bits per heavy atom. The lowest BCUT2D eigenvalue weighted by Gasteiger charge is -2.42. The molecule has 0 bridgehead atoms. The van der Waals surface area contributed by atoms with Crippen LogP contribution in [0.15, 0.2) is 12.1 Å². The summed E-state index contributed by atoms with van der Waals surface area (Å²) in [5, 5.41) is 8.05. The van der Waals surface area contributed by atoms with E-state index in [1.165, 1.54) is 11.9 Å². The number of likely N-dealkylation sites (tertiary alicyclic amines) is 2. The van der Waals surface area contributed by atoms with E-state index in [9.17, 15) is 23.2 Å². The molecule has 4 heterocycles. The number of carbonyl (C=O) groups excluding carboxylic acids is 3. The number of rotatable bonds is 7. The van der Waals surface area contributed by atoms with Crippen molar-refractivity contribution in [1.29, 1.82) is 0 Å². The lowest BCUT2D eigenvalue weighted by Crippen LogP contribution is -2.53. The van der Waals surface area contributed by atoms with E-state index in [-0.39, 0.29) is 36.4 Å². The Hall–Kier alpha value is -3.48. The number of aromatic nitrogens is 3. The lowest BCUT2D eigenvalue weighted by atomic mass is 9.90. The average Bonchev–Trinajstić information content (AvgIpc) is 3.67. The highest BCUT2D eigenvalue weighted by Gasteiger charge is 2.44. The Kier molecular flexibility index (Phi) is 8.82. The summed E-state index contributed by atoms with van der Waals surface area (Å²) >= 11 is 6.66. The van der Waals surface area contributed by atoms with E-state index in [4.69, 9.17) is 21.1 Å². The Morgan fingerprint density at radius 3 is 2.56 bits per heavy atom. The number of hydrogen-bond donors (Lipinski definition) is 0. The van der Waals surface area contributed by atoms with Gasteiger partial charge in [-0.1, -0.05) is 16.8 Å². The molecular weight excluding hydrogens is 586 g/mol. The molecule has 3 amide bonds. The van der Waals surface area contributed by atoms with Crippen molar-refractivity contribution in [3.05, 3.63) is 39.7 Å². The second kappa shape index (κ2) is 12.3. The summed E-state index contributed by atoms with van der Waals surface area (Å²) in [7, 11) is 1.39. The van der Waals surface area contributed by atoms with Crippen LogP contribution in [-0.2, 0) is 34.4 Å². The van der Waals surface area contributed by atoms with Crippen molar-refractivity contribution in [3.63, 3.8) is 0 Å². The second-order valence-corrected chi connectivity index (χ2v) is 12.6. The van der Waals surface area contributed by atoms with Gasteiger partial charge in [0.05, 0.1) is 6.04 Å². The second-order valence-electron chi connectivity index (χ2n) is 12.1. The first-order valence-corrected chi connectivity index (χ1v) is 14.9. The fraction of sp³-hybridized carbons (Fsp3) is 0.621. The summed E-state index contributed by atoms with van der Waals surface area (Å²) in [5.74, 6) is 0.0988. The predicted molar refractivity (Wildman–Crippen MR) is 152 cm³/mol. The molecule has 2 saturated heterocycles. The Morgan fingerprint density at radius 1 is 1.12 bits per heavy atom. The number of benzene rings is 1. The van der Waals surface area contributed by atoms with Gasteiger partial charge in [-0.2, -0.15) is 0 Å². The summed E-state index contributed by atoms with van der Waals surface area (Å²) in [4.78, 5) is 44.9. The van der Waals surface area contributed by atoms with Crippen LogP contribution in [0.25, 0.3) is 0 Å². The third kappa shape index (κ3) is 6.41. The quantitative estimate of drug-likeness (QED) is 0.449. The molecule has 11 nitrogen and oxygen atoms in total. The molecule has 0 saturated carbocycles. The number of amides is 3. The SMILES string of the molecule is Cn1nnc(COc2ccc(Cl)c3c2[C@@H](CN2CCCC2=O)N(C(=O)C2CCCN2C(=O)OC(C)(C)C)CC3)c1C(F)F. The van der Waals surface area contributed by atoms with Gasteiger partial charge >= 0.3 is 6.09 Å². The zero-order valence-electron chi connectivity index (χ0n) is 24.8. The van der Waals surface area contributed by atoms with E-state index in [0.717, 1.165) is 10.2 Å². The predicted octanol–water partition coefficient (Wildman–Crippen LogP) is 4.43. The van der Waals surface area contributed by atoms with Crippen LogP contribution in [0.1, 0.15) is 81.4 Å². The van der Waals surface area contributed by atoms with Gasteiger partial charge in [0.25, 0.3) is 6.43 Å². The van der Waals surface area contributed by atoms with Crippen molar-refractivity contribution in [2.24, 2.45) is 7.05 Å². The van der Waals surface area contributed by atoms with Crippen molar-refractivity contribution in [1.82, 2.24) is 29.7 Å². The Labute approximate surface area is 254 Å². The zero-order valence-corrected chi connectivity index (χ0v) is 25.6. The zero-order chi connectivity index (χ0) is 31.1. The summed E-state index contributed by atoms with van der Waals surface area (Å²) in [6.45, 7) is 6.53. The summed E-state index contributed by atoms with van der Waals surface area (Å²) < 4.78 is 40.1. The molecule has 0 spiro atoms. The molecule has 43 heavy (non-hydrogen) atoms. The first-order chi connectivity index (χ1) is 20.4. The standard InChI is InChI=1S/C29H37ClF2N6O5/c1-29(2,3)43-28(41)38-13-5-7-20(38)27(40)37-14-11-17-18(30)9-10-22(24(17)21(37)15-36-12-6-8-23(36)39)42-16-19-25(26(31)32)35(4)34-33-19/h9-10,20-21,26H,5-8,11-16H2,1-4H3/t20?,21-/m1/s1. The number of aryl methyl sites for hydroxylation is 1. The number of halogens is 3. The Balaban J connectivity index is 1.49. The van der Waals surface area contributed by atoms with Crippen LogP contribution in [0.5, 0.6) is 5.75 Å². The van der Waals surface area contributed by atoms with Crippen molar-refractivity contribution in [3.8, 4) is 5.75 Å². The third-order valence-corrected chi connectivity index (χ3v) is 8.45. The normalized spacial score (nSPS) is 20.7. The number of fused-ring (bicyclic) bond motifs is 1. The summed E-state index contributed by atoms with van der Waals surface area (Å²) in [6, 6.07) is 1.97. The van der Waals surface area contributed by atoms with Crippen LogP contribution in [-0.4, -0.2) is 85.4 Å². The van der Waals surface area contributed by atoms with E-state index >= 15 is 0 Å². The molecule has 1 aromatic heterocycles. The highest BCUT2D eigenvalue weighted by atomic mass is 35.5. The molecule has 0 aliphatic carbocycles. The van der Waals surface area contributed by atoms with Gasteiger partial charge < -0.3 is 19.3 Å². The van der Waals surface area contributed by atoms with E-state index < -0.39 is 30.2 Å². The number of ether oxygens (including phenoxy) is 2.